The molecule has 166 valence electrons. The third kappa shape index (κ3) is 3.26. The predicted octanol–water partition coefficient (Wildman–Crippen LogP) is 3.94. The Morgan fingerprint density at radius 1 is 0.636 bits per heavy atom. The molecule has 0 saturated carbocycles. The van der Waals surface area contributed by atoms with Crippen molar-refractivity contribution in [2.75, 3.05) is 0 Å². The summed E-state index contributed by atoms with van der Waals surface area (Å²) in [5, 5.41) is 38.3. The zero-order valence-electron chi connectivity index (χ0n) is 17.0. The van der Waals surface area contributed by atoms with Gasteiger partial charge in [0.2, 0.25) is 0 Å². The molecule has 9 nitrogen and oxygen atoms in total. The van der Waals surface area contributed by atoms with Crippen LogP contribution in [0.3, 0.4) is 0 Å². The Bertz CT molecular complexity index is 1270. The highest BCUT2D eigenvalue weighted by Gasteiger charge is 2.42. The van der Waals surface area contributed by atoms with Crippen LogP contribution < -0.4 is 4.74 Å². The predicted molar refractivity (Wildman–Crippen MR) is 113 cm³/mol. The fourth-order valence-corrected chi connectivity index (χ4v) is 4.16. The van der Waals surface area contributed by atoms with Gasteiger partial charge in [-0.1, -0.05) is 30.3 Å². The molecule has 0 saturated heterocycles. The molecular weight excluding hydrogens is 432 g/mol. The minimum absolute atomic E-state index is 0.0238. The first-order chi connectivity index (χ1) is 15.6. The molecule has 0 atom stereocenters. The number of benzene rings is 3. The summed E-state index contributed by atoms with van der Waals surface area (Å²) < 4.78 is 5.83. The van der Waals surface area contributed by atoms with E-state index in [9.17, 15) is 39.6 Å². The Balaban J connectivity index is 2.13. The van der Waals surface area contributed by atoms with Crippen molar-refractivity contribution in [3.8, 4) is 11.5 Å². The second-order valence-electron chi connectivity index (χ2n) is 7.60. The number of hydrogen-bond donors (Lipinski definition) is 4. The smallest absolute Gasteiger partial charge is 0.336 e. The van der Waals surface area contributed by atoms with Crippen LogP contribution in [0.25, 0.3) is 0 Å². The third-order valence-corrected chi connectivity index (χ3v) is 5.81. The molecule has 4 rings (SSSR count). The van der Waals surface area contributed by atoms with Crippen molar-refractivity contribution in [2.45, 2.75) is 12.3 Å². The number of hydrogen-bond acceptors (Lipinski definition) is 5. The molecule has 33 heavy (non-hydrogen) atoms. The maximum absolute atomic E-state index is 11.8. The van der Waals surface area contributed by atoms with E-state index < -0.39 is 51.5 Å². The van der Waals surface area contributed by atoms with Gasteiger partial charge in [0.05, 0.1) is 22.3 Å². The zero-order chi connectivity index (χ0) is 24.1. The van der Waals surface area contributed by atoms with E-state index in [2.05, 4.69) is 0 Å². The van der Waals surface area contributed by atoms with E-state index in [1.165, 1.54) is 12.1 Å². The van der Waals surface area contributed by atoms with Crippen LogP contribution in [0.15, 0.2) is 54.6 Å². The molecule has 0 fully saturated rings. The molecule has 0 bridgehead atoms. The minimum Gasteiger partial charge on any atom is -0.478 e. The van der Waals surface area contributed by atoms with E-state index in [0.717, 1.165) is 12.1 Å². The first kappa shape index (κ1) is 21.6. The fraction of sp³-hybridized carbons (Fsp3) is 0.0833. The lowest BCUT2D eigenvalue weighted by Crippen LogP contribution is -2.31. The molecule has 0 spiro atoms. The SMILES string of the molecule is CC1(c2ccccc2)c2cc(C(=O)O)c(C(=O)O)cc2Oc2cc(C(=O)O)c(C(=O)O)cc21. The molecule has 3 aromatic carbocycles. The summed E-state index contributed by atoms with van der Waals surface area (Å²) in [5.41, 5.74) is -1.89. The lowest BCUT2D eigenvalue weighted by atomic mass is 9.68. The molecule has 1 aliphatic heterocycles. The maximum atomic E-state index is 11.8. The van der Waals surface area contributed by atoms with Crippen molar-refractivity contribution in [1.29, 1.82) is 0 Å². The van der Waals surface area contributed by atoms with Gasteiger partial charge in [-0.25, -0.2) is 19.2 Å². The molecule has 4 N–H and O–H groups in total. The molecule has 0 amide bonds. The van der Waals surface area contributed by atoms with E-state index in [0.29, 0.717) is 16.7 Å². The Hall–Kier alpha value is -4.66. The van der Waals surface area contributed by atoms with Crippen LogP contribution in [0, 0.1) is 0 Å². The van der Waals surface area contributed by atoms with Crippen LogP contribution in [0.5, 0.6) is 11.5 Å². The van der Waals surface area contributed by atoms with Crippen LogP contribution in [-0.4, -0.2) is 44.3 Å². The third-order valence-electron chi connectivity index (χ3n) is 5.81. The van der Waals surface area contributed by atoms with Crippen molar-refractivity contribution < 1.29 is 44.3 Å². The Labute approximate surface area is 186 Å². The van der Waals surface area contributed by atoms with Gasteiger partial charge >= 0.3 is 23.9 Å². The Morgan fingerprint density at radius 2 is 1.00 bits per heavy atom. The van der Waals surface area contributed by atoms with E-state index in [1.807, 2.05) is 0 Å². The molecular formula is C24H16O9. The number of carboxylic acid groups (broad SMARTS) is 4. The van der Waals surface area contributed by atoms with E-state index in [-0.39, 0.29) is 11.5 Å². The molecule has 3 aromatic rings. The summed E-state index contributed by atoms with van der Waals surface area (Å²) in [5.74, 6) is -5.81. The van der Waals surface area contributed by atoms with Gasteiger partial charge in [-0.2, -0.15) is 0 Å². The van der Waals surface area contributed by atoms with Crippen molar-refractivity contribution >= 4 is 23.9 Å². The second-order valence-corrected chi connectivity index (χ2v) is 7.60. The molecule has 1 aliphatic rings. The van der Waals surface area contributed by atoms with Crippen LogP contribution in [0.4, 0.5) is 0 Å². The van der Waals surface area contributed by atoms with Gasteiger partial charge in [-0.05, 0) is 36.8 Å². The van der Waals surface area contributed by atoms with Gasteiger partial charge in [-0.15, -0.1) is 0 Å². The topological polar surface area (TPSA) is 158 Å². The lowest BCUT2D eigenvalue weighted by molar-refractivity contribution is 0.0650. The summed E-state index contributed by atoms with van der Waals surface area (Å²) >= 11 is 0. The average molecular weight is 448 g/mol. The van der Waals surface area contributed by atoms with Gasteiger partial charge in [0, 0.05) is 16.5 Å². The number of aromatic carboxylic acids is 4. The maximum Gasteiger partial charge on any atom is 0.336 e. The average Bonchev–Trinajstić information content (AvgIpc) is 2.78. The Morgan fingerprint density at radius 3 is 1.36 bits per heavy atom. The molecule has 0 aliphatic carbocycles. The largest absolute Gasteiger partial charge is 0.478 e. The highest BCUT2D eigenvalue weighted by atomic mass is 16.5. The second kappa shape index (κ2) is 7.49. The summed E-state index contributed by atoms with van der Waals surface area (Å²) in [6.07, 6.45) is 0. The number of carboxylic acids is 4. The van der Waals surface area contributed by atoms with Crippen LogP contribution in [0.2, 0.25) is 0 Å². The summed E-state index contributed by atoms with van der Waals surface area (Å²) in [6, 6.07) is 13.3. The number of carbonyl (C=O) groups is 4. The van der Waals surface area contributed by atoms with Gasteiger partial charge in [0.1, 0.15) is 11.5 Å². The van der Waals surface area contributed by atoms with Crippen LogP contribution >= 0.6 is 0 Å². The number of rotatable bonds is 5. The minimum atomic E-state index is -1.47. The molecule has 1 heterocycles. The van der Waals surface area contributed by atoms with Crippen LogP contribution in [-0.2, 0) is 5.41 Å². The molecule has 9 heteroatoms. The number of fused-ring (bicyclic) bond motifs is 2. The Kier molecular flexibility index (Phi) is 4.89. The van der Waals surface area contributed by atoms with Gasteiger partial charge < -0.3 is 25.2 Å². The van der Waals surface area contributed by atoms with Crippen molar-refractivity contribution in [3.05, 3.63) is 93.5 Å². The van der Waals surface area contributed by atoms with Gasteiger partial charge in [0.25, 0.3) is 0 Å². The van der Waals surface area contributed by atoms with Crippen molar-refractivity contribution in [1.82, 2.24) is 0 Å². The first-order valence-electron chi connectivity index (χ1n) is 9.59. The van der Waals surface area contributed by atoms with Crippen LogP contribution in [0.1, 0.15) is 65.0 Å². The van der Waals surface area contributed by atoms with Crippen molar-refractivity contribution in [3.63, 3.8) is 0 Å². The summed E-state index contributed by atoms with van der Waals surface area (Å²) in [4.78, 5) is 47.0. The highest BCUT2D eigenvalue weighted by Crippen LogP contribution is 2.52. The lowest BCUT2D eigenvalue weighted by Gasteiger charge is -2.38. The molecule has 0 unspecified atom stereocenters. The fourth-order valence-electron chi connectivity index (χ4n) is 4.16. The first-order valence-corrected chi connectivity index (χ1v) is 9.59. The molecule has 0 aromatic heterocycles. The monoisotopic (exact) mass is 448 g/mol. The van der Waals surface area contributed by atoms with E-state index in [1.54, 1.807) is 37.3 Å². The summed E-state index contributed by atoms with van der Waals surface area (Å²) in [6.45, 7) is 1.71. The normalized spacial score (nSPS) is 13.2. The van der Waals surface area contributed by atoms with Gasteiger partial charge in [-0.3, -0.25) is 0 Å². The highest BCUT2D eigenvalue weighted by molar-refractivity contribution is 6.04. The molecule has 0 radical (unpaired) electrons. The zero-order valence-corrected chi connectivity index (χ0v) is 17.0. The number of ether oxygens (including phenoxy) is 1. The van der Waals surface area contributed by atoms with E-state index >= 15 is 0 Å². The summed E-state index contributed by atoms with van der Waals surface area (Å²) in [7, 11) is 0. The van der Waals surface area contributed by atoms with E-state index in [4.69, 9.17) is 4.74 Å². The van der Waals surface area contributed by atoms with Crippen molar-refractivity contribution in [2.24, 2.45) is 0 Å². The van der Waals surface area contributed by atoms with Gasteiger partial charge in [0.15, 0.2) is 0 Å². The standard InChI is InChI=1S/C24H16O9/c1-24(11-5-3-2-4-6-11)16-7-12(20(25)26)14(22(29)30)9-18(16)33-19-10-15(23(31)32)13(21(27)28)8-17(19)24/h2-10H,1H3,(H,25,26)(H,27,28)(H,29,30)(H,31,32). The quantitative estimate of drug-likeness (QED) is 0.453.